The Hall–Kier alpha value is -1.02. The van der Waals surface area contributed by atoms with E-state index in [1.165, 1.54) is 5.56 Å². The number of amides is 1. The van der Waals surface area contributed by atoms with E-state index >= 15 is 0 Å². The van der Waals surface area contributed by atoms with E-state index in [1.54, 1.807) is 11.8 Å². The molecule has 3 heteroatoms. The molecule has 1 aliphatic rings. The average Bonchev–Trinajstić information content (AvgIpc) is 2.60. The van der Waals surface area contributed by atoms with Crippen molar-refractivity contribution in [3.8, 4) is 0 Å². The molecule has 0 aliphatic carbocycles. The number of carbonyl (C=O) groups is 1. The number of para-hydroxylation sites is 1. The van der Waals surface area contributed by atoms with Crippen LogP contribution in [0.25, 0.3) is 0 Å². The van der Waals surface area contributed by atoms with Gasteiger partial charge in [-0.2, -0.15) is 0 Å². The lowest BCUT2D eigenvalue weighted by molar-refractivity contribution is -0.117. The van der Waals surface area contributed by atoms with Gasteiger partial charge in [-0.15, -0.1) is 11.6 Å². The molecule has 0 fully saturated rings. The molecule has 1 heterocycles. The van der Waals surface area contributed by atoms with Gasteiger partial charge in [0, 0.05) is 12.2 Å². The summed E-state index contributed by atoms with van der Waals surface area (Å²) in [6.07, 6.45) is 0.936. The van der Waals surface area contributed by atoms with E-state index in [1.807, 2.05) is 18.2 Å². The van der Waals surface area contributed by atoms with E-state index in [4.69, 9.17) is 11.6 Å². The third kappa shape index (κ3) is 1.50. The zero-order valence-electron chi connectivity index (χ0n) is 8.03. The number of carbonyl (C=O) groups excluding carboxylic acids is 1. The first-order valence-corrected chi connectivity index (χ1v) is 5.17. The lowest BCUT2D eigenvalue weighted by Crippen LogP contribution is -2.34. The molecular weight excluding hydrogens is 198 g/mol. The van der Waals surface area contributed by atoms with Gasteiger partial charge >= 0.3 is 0 Å². The Bertz CT molecular complexity index is 362. The van der Waals surface area contributed by atoms with Crippen LogP contribution in [0, 0.1) is 0 Å². The van der Waals surface area contributed by atoms with Crippen LogP contribution in [-0.2, 0) is 11.2 Å². The maximum atomic E-state index is 11.7. The van der Waals surface area contributed by atoms with Crippen molar-refractivity contribution < 1.29 is 4.79 Å². The first-order valence-electron chi connectivity index (χ1n) is 4.73. The minimum Gasteiger partial charge on any atom is -0.311 e. The van der Waals surface area contributed by atoms with Gasteiger partial charge in [-0.25, -0.2) is 0 Å². The second-order valence-corrected chi connectivity index (χ2v) is 4.14. The number of anilines is 1. The minimum atomic E-state index is -0.443. The van der Waals surface area contributed by atoms with Crippen LogP contribution < -0.4 is 4.90 Å². The Morgan fingerprint density at radius 3 is 2.93 bits per heavy atom. The Morgan fingerprint density at radius 1 is 1.50 bits per heavy atom. The molecule has 0 saturated heterocycles. The monoisotopic (exact) mass is 209 g/mol. The fourth-order valence-electron chi connectivity index (χ4n) is 1.78. The molecule has 0 unspecified atom stereocenters. The molecule has 0 aromatic heterocycles. The highest BCUT2D eigenvalue weighted by Gasteiger charge is 2.26. The van der Waals surface area contributed by atoms with Crippen LogP contribution in [0.3, 0.4) is 0 Å². The lowest BCUT2D eigenvalue weighted by atomic mass is 10.2. The zero-order valence-corrected chi connectivity index (χ0v) is 8.79. The molecule has 0 N–H and O–H groups in total. The highest BCUT2D eigenvalue weighted by Crippen LogP contribution is 2.28. The largest absolute Gasteiger partial charge is 0.311 e. The van der Waals surface area contributed by atoms with Crippen LogP contribution in [-0.4, -0.2) is 17.8 Å². The van der Waals surface area contributed by atoms with Crippen LogP contribution in [0.15, 0.2) is 24.3 Å². The number of benzene rings is 1. The number of rotatable bonds is 1. The molecule has 2 rings (SSSR count). The molecule has 1 aliphatic heterocycles. The van der Waals surface area contributed by atoms with Crippen LogP contribution in [0.1, 0.15) is 12.5 Å². The van der Waals surface area contributed by atoms with Crippen molar-refractivity contribution in [3.63, 3.8) is 0 Å². The van der Waals surface area contributed by atoms with Gasteiger partial charge in [0.1, 0.15) is 5.38 Å². The number of fused-ring (bicyclic) bond motifs is 1. The summed E-state index contributed by atoms with van der Waals surface area (Å²) in [7, 11) is 0. The van der Waals surface area contributed by atoms with Crippen LogP contribution in [0.5, 0.6) is 0 Å². The van der Waals surface area contributed by atoms with Crippen LogP contribution >= 0.6 is 11.6 Å². The number of hydrogen-bond donors (Lipinski definition) is 0. The van der Waals surface area contributed by atoms with Gasteiger partial charge in [-0.05, 0) is 25.0 Å². The third-order valence-electron chi connectivity index (χ3n) is 2.49. The summed E-state index contributed by atoms with van der Waals surface area (Å²) in [6, 6.07) is 7.97. The molecule has 0 spiro atoms. The summed E-state index contributed by atoms with van der Waals surface area (Å²) in [5, 5.41) is -0.443. The van der Waals surface area contributed by atoms with Gasteiger partial charge in [-0.1, -0.05) is 18.2 Å². The first kappa shape index (κ1) is 9.53. The zero-order chi connectivity index (χ0) is 10.1. The van der Waals surface area contributed by atoms with Crippen molar-refractivity contribution in [3.05, 3.63) is 29.8 Å². The van der Waals surface area contributed by atoms with Gasteiger partial charge in [-0.3, -0.25) is 4.79 Å². The fraction of sp³-hybridized carbons (Fsp3) is 0.364. The summed E-state index contributed by atoms with van der Waals surface area (Å²) in [6.45, 7) is 2.47. The van der Waals surface area contributed by atoms with Crippen molar-refractivity contribution in [1.82, 2.24) is 0 Å². The van der Waals surface area contributed by atoms with Gasteiger partial charge in [0.2, 0.25) is 5.91 Å². The van der Waals surface area contributed by atoms with Crippen LogP contribution in [0.4, 0.5) is 5.69 Å². The molecular formula is C11H12ClNO. The van der Waals surface area contributed by atoms with Crippen molar-refractivity contribution in [2.45, 2.75) is 18.7 Å². The number of alkyl halides is 1. The van der Waals surface area contributed by atoms with Gasteiger partial charge in [0.05, 0.1) is 0 Å². The van der Waals surface area contributed by atoms with Crippen molar-refractivity contribution in [2.75, 3.05) is 11.4 Å². The summed E-state index contributed by atoms with van der Waals surface area (Å²) in [5.41, 5.74) is 2.25. The Balaban J connectivity index is 2.30. The predicted octanol–water partition coefficient (Wildman–Crippen LogP) is 2.20. The van der Waals surface area contributed by atoms with E-state index in [0.29, 0.717) is 0 Å². The number of halogens is 1. The van der Waals surface area contributed by atoms with E-state index < -0.39 is 5.38 Å². The van der Waals surface area contributed by atoms with E-state index in [-0.39, 0.29) is 5.91 Å². The molecule has 14 heavy (non-hydrogen) atoms. The Labute approximate surface area is 88.5 Å². The molecule has 0 saturated carbocycles. The molecule has 1 aromatic carbocycles. The van der Waals surface area contributed by atoms with E-state index in [9.17, 15) is 4.79 Å². The van der Waals surface area contributed by atoms with Gasteiger partial charge in [0.15, 0.2) is 0 Å². The van der Waals surface area contributed by atoms with Crippen molar-refractivity contribution >= 4 is 23.2 Å². The third-order valence-corrected chi connectivity index (χ3v) is 2.68. The SMILES string of the molecule is C[C@H](Cl)C(=O)N1CCc2ccccc21. The Morgan fingerprint density at radius 2 is 2.21 bits per heavy atom. The lowest BCUT2D eigenvalue weighted by Gasteiger charge is -2.18. The summed E-state index contributed by atoms with van der Waals surface area (Å²) < 4.78 is 0. The van der Waals surface area contributed by atoms with Gasteiger partial charge in [0.25, 0.3) is 0 Å². The topological polar surface area (TPSA) is 20.3 Å². The highest BCUT2D eigenvalue weighted by atomic mass is 35.5. The molecule has 0 radical (unpaired) electrons. The smallest absolute Gasteiger partial charge is 0.244 e. The molecule has 1 aromatic rings. The standard InChI is InChI=1S/C11H12ClNO/c1-8(12)11(14)13-7-6-9-4-2-3-5-10(9)13/h2-5,8H,6-7H2,1H3/t8-/m0/s1. The summed E-state index contributed by atoms with van der Waals surface area (Å²) in [5.74, 6) is -0.00313. The molecule has 1 amide bonds. The first-order chi connectivity index (χ1) is 6.70. The number of hydrogen-bond acceptors (Lipinski definition) is 1. The van der Waals surface area contributed by atoms with Crippen LogP contribution in [0.2, 0.25) is 0 Å². The molecule has 74 valence electrons. The van der Waals surface area contributed by atoms with Gasteiger partial charge < -0.3 is 4.90 Å². The summed E-state index contributed by atoms with van der Waals surface area (Å²) in [4.78, 5) is 13.5. The normalized spacial score (nSPS) is 16.6. The number of nitrogens with zero attached hydrogens (tertiary/aromatic N) is 1. The maximum absolute atomic E-state index is 11.7. The van der Waals surface area contributed by atoms with E-state index in [2.05, 4.69) is 6.07 Å². The molecule has 0 bridgehead atoms. The predicted molar refractivity (Wildman–Crippen MR) is 57.8 cm³/mol. The maximum Gasteiger partial charge on any atom is 0.244 e. The molecule has 2 nitrogen and oxygen atoms in total. The minimum absolute atomic E-state index is 0.00313. The van der Waals surface area contributed by atoms with Crippen molar-refractivity contribution in [2.24, 2.45) is 0 Å². The Kier molecular flexibility index (Phi) is 2.46. The summed E-state index contributed by atoms with van der Waals surface area (Å²) >= 11 is 5.78. The fourth-order valence-corrected chi connectivity index (χ4v) is 1.90. The van der Waals surface area contributed by atoms with Crippen molar-refractivity contribution in [1.29, 1.82) is 0 Å². The highest BCUT2D eigenvalue weighted by molar-refractivity contribution is 6.32. The van der Waals surface area contributed by atoms with E-state index in [0.717, 1.165) is 18.7 Å². The average molecular weight is 210 g/mol. The second kappa shape index (κ2) is 3.62. The quantitative estimate of drug-likeness (QED) is 0.650. The second-order valence-electron chi connectivity index (χ2n) is 3.48. The molecule has 1 atom stereocenters.